The van der Waals surface area contributed by atoms with Gasteiger partial charge in [-0.15, -0.1) is 10.2 Å². The maximum absolute atomic E-state index is 15.4. The number of ether oxygens (including phenoxy) is 1. The highest BCUT2D eigenvalue weighted by molar-refractivity contribution is 5.96. The molecule has 9 nitrogen and oxygen atoms in total. The van der Waals surface area contributed by atoms with Gasteiger partial charge in [0.2, 0.25) is 5.95 Å². The molecule has 0 unspecified atom stereocenters. The normalized spacial score (nSPS) is 15.1. The summed E-state index contributed by atoms with van der Waals surface area (Å²) in [7, 11) is 0. The van der Waals surface area contributed by atoms with Crippen molar-refractivity contribution in [2.75, 3.05) is 31.2 Å². The highest BCUT2D eigenvalue weighted by Crippen LogP contribution is 2.30. The van der Waals surface area contributed by atoms with Gasteiger partial charge in [-0.3, -0.25) is 0 Å². The first kappa shape index (κ1) is 20.2. The largest absolute Gasteiger partial charge is 0.411 e. The molecule has 164 valence electrons. The maximum Gasteiger partial charge on any atom is 0.240 e. The number of hydrogen-bond acceptors (Lipinski definition) is 8. The Hall–Kier alpha value is -3.73. The lowest BCUT2D eigenvalue weighted by atomic mass is 10.1. The molecule has 0 spiro atoms. The lowest BCUT2D eigenvalue weighted by molar-refractivity contribution is 0.122. The van der Waals surface area contributed by atoms with Crippen LogP contribution in [-0.2, 0) is 11.2 Å². The molecule has 0 bridgehead atoms. The molecule has 0 amide bonds. The van der Waals surface area contributed by atoms with E-state index in [1.54, 1.807) is 46.7 Å². The molecule has 1 aromatic carbocycles. The number of hydrogen-bond donors (Lipinski definition) is 1. The van der Waals surface area contributed by atoms with Crippen LogP contribution in [0.2, 0.25) is 0 Å². The van der Waals surface area contributed by atoms with Crippen molar-refractivity contribution in [3.8, 4) is 0 Å². The minimum absolute atomic E-state index is 0.129. The van der Waals surface area contributed by atoms with Gasteiger partial charge in [-0.25, -0.2) is 9.37 Å². The standard InChI is InChI=1S/C21H19F2N7O2/c1-12(28-31)15-4-5-17-25-26-18(30(17)27-15)11-13-2-3-16-14(10-13)19(22)20(21(23)24-16)29-6-8-32-9-7-29/h2-5,10,31H,6-9,11H2,1H3/b28-12+. The fourth-order valence-electron chi connectivity index (χ4n) is 3.77. The van der Waals surface area contributed by atoms with Crippen molar-refractivity contribution < 1.29 is 18.7 Å². The smallest absolute Gasteiger partial charge is 0.240 e. The summed E-state index contributed by atoms with van der Waals surface area (Å²) < 4.78 is 36.8. The van der Waals surface area contributed by atoms with Gasteiger partial charge in [0.1, 0.15) is 17.1 Å². The molecular formula is C21H19F2N7O2. The number of pyridine rings is 1. The quantitative estimate of drug-likeness (QED) is 0.226. The predicted molar refractivity (Wildman–Crippen MR) is 112 cm³/mol. The summed E-state index contributed by atoms with van der Waals surface area (Å²) in [6, 6.07) is 8.38. The van der Waals surface area contributed by atoms with Crippen LogP contribution in [-0.4, -0.2) is 62.0 Å². The van der Waals surface area contributed by atoms with Gasteiger partial charge in [0, 0.05) is 24.9 Å². The molecule has 5 rings (SSSR count). The third kappa shape index (κ3) is 3.50. The van der Waals surface area contributed by atoms with Crippen LogP contribution in [0.3, 0.4) is 0 Å². The second kappa shape index (κ2) is 8.08. The van der Waals surface area contributed by atoms with Gasteiger partial charge in [0.15, 0.2) is 17.3 Å². The number of aromatic nitrogens is 5. The average Bonchev–Trinajstić information content (AvgIpc) is 3.21. The van der Waals surface area contributed by atoms with E-state index in [0.29, 0.717) is 55.6 Å². The molecule has 11 heteroatoms. The van der Waals surface area contributed by atoms with Crippen molar-refractivity contribution in [2.45, 2.75) is 13.3 Å². The van der Waals surface area contributed by atoms with Gasteiger partial charge < -0.3 is 14.8 Å². The Morgan fingerprint density at radius 3 is 2.75 bits per heavy atom. The van der Waals surface area contributed by atoms with E-state index in [2.05, 4.69) is 25.4 Å². The van der Waals surface area contributed by atoms with E-state index in [1.807, 2.05) is 0 Å². The molecule has 0 radical (unpaired) electrons. The molecule has 1 N–H and O–H groups in total. The minimum atomic E-state index is -0.828. The molecule has 0 aliphatic carbocycles. The Morgan fingerprint density at radius 2 is 1.97 bits per heavy atom. The Bertz CT molecular complexity index is 1350. The van der Waals surface area contributed by atoms with E-state index < -0.39 is 11.8 Å². The van der Waals surface area contributed by atoms with Gasteiger partial charge in [0.25, 0.3) is 0 Å². The summed E-state index contributed by atoms with van der Waals surface area (Å²) in [6.07, 6.45) is 0.312. The van der Waals surface area contributed by atoms with Crippen molar-refractivity contribution in [3.63, 3.8) is 0 Å². The third-order valence-corrected chi connectivity index (χ3v) is 5.46. The first-order valence-corrected chi connectivity index (χ1v) is 10.1. The Balaban J connectivity index is 1.54. The van der Waals surface area contributed by atoms with E-state index in [4.69, 9.17) is 9.94 Å². The molecule has 1 saturated heterocycles. The highest BCUT2D eigenvalue weighted by Gasteiger charge is 2.23. The molecule has 0 atom stereocenters. The molecule has 4 heterocycles. The fourth-order valence-corrected chi connectivity index (χ4v) is 3.77. The molecule has 3 aromatic heterocycles. The molecule has 32 heavy (non-hydrogen) atoms. The summed E-state index contributed by atoms with van der Waals surface area (Å²) in [5, 5.41) is 25.1. The van der Waals surface area contributed by atoms with Crippen LogP contribution in [0.1, 0.15) is 24.0 Å². The highest BCUT2D eigenvalue weighted by atomic mass is 19.1. The predicted octanol–water partition coefficient (Wildman–Crippen LogP) is 2.58. The zero-order valence-corrected chi connectivity index (χ0v) is 17.2. The van der Waals surface area contributed by atoms with Gasteiger partial charge >= 0.3 is 0 Å². The minimum Gasteiger partial charge on any atom is -0.411 e. The number of halogens is 2. The Labute approximate surface area is 181 Å². The van der Waals surface area contributed by atoms with Crippen LogP contribution in [0, 0.1) is 11.8 Å². The number of anilines is 1. The van der Waals surface area contributed by atoms with Crippen LogP contribution < -0.4 is 4.90 Å². The Kier molecular flexibility index (Phi) is 5.10. The van der Waals surface area contributed by atoms with Gasteiger partial charge in [-0.05, 0) is 36.8 Å². The summed E-state index contributed by atoms with van der Waals surface area (Å²) in [5.41, 5.74) is 2.20. The lowest BCUT2D eigenvalue weighted by Crippen LogP contribution is -2.37. The summed E-state index contributed by atoms with van der Waals surface area (Å²) in [5.74, 6) is -0.945. The van der Waals surface area contributed by atoms with Crippen molar-refractivity contribution in [2.24, 2.45) is 5.16 Å². The molecule has 1 aliphatic heterocycles. The monoisotopic (exact) mass is 439 g/mol. The lowest BCUT2D eigenvalue weighted by Gasteiger charge is -2.29. The maximum atomic E-state index is 15.4. The SMILES string of the molecule is C/C(=N\O)c1ccc2nnc(Cc3ccc4nc(F)c(N5CCOCC5)c(F)c4c3)n2n1. The summed E-state index contributed by atoms with van der Waals surface area (Å²) in [4.78, 5) is 5.59. The molecule has 1 aliphatic rings. The topological polar surface area (TPSA) is 101 Å². The zero-order valence-electron chi connectivity index (χ0n) is 17.2. The summed E-state index contributed by atoms with van der Waals surface area (Å²) >= 11 is 0. The van der Waals surface area contributed by atoms with Gasteiger partial charge in [-0.2, -0.15) is 14.0 Å². The third-order valence-electron chi connectivity index (χ3n) is 5.46. The number of fused-ring (bicyclic) bond motifs is 2. The number of benzene rings is 1. The van der Waals surface area contributed by atoms with Crippen molar-refractivity contribution in [3.05, 3.63) is 59.2 Å². The second-order valence-corrected chi connectivity index (χ2v) is 7.48. The molecule has 1 fully saturated rings. The van der Waals surface area contributed by atoms with Crippen molar-refractivity contribution in [1.29, 1.82) is 0 Å². The number of rotatable bonds is 4. The van der Waals surface area contributed by atoms with E-state index in [0.717, 1.165) is 5.56 Å². The molecule has 0 saturated carbocycles. The first-order chi connectivity index (χ1) is 15.5. The van der Waals surface area contributed by atoms with Gasteiger partial charge in [0.05, 0.1) is 18.7 Å². The second-order valence-electron chi connectivity index (χ2n) is 7.48. The van der Waals surface area contributed by atoms with Gasteiger partial charge in [-0.1, -0.05) is 11.2 Å². The van der Waals surface area contributed by atoms with E-state index >= 15 is 4.39 Å². The fraction of sp³-hybridized carbons (Fsp3) is 0.286. The number of morpholine rings is 1. The van der Waals surface area contributed by atoms with E-state index in [9.17, 15) is 4.39 Å². The van der Waals surface area contributed by atoms with Crippen LogP contribution >= 0.6 is 0 Å². The van der Waals surface area contributed by atoms with E-state index in [1.165, 1.54) is 0 Å². The average molecular weight is 439 g/mol. The number of oxime groups is 1. The summed E-state index contributed by atoms with van der Waals surface area (Å²) in [6.45, 7) is 3.25. The van der Waals surface area contributed by atoms with Crippen LogP contribution in [0.25, 0.3) is 16.6 Å². The van der Waals surface area contributed by atoms with Crippen molar-refractivity contribution in [1.82, 2.24) is 24.8 Å². The molecule has 4 aromatic rings. The van der Waals surface area contributed by atoms with E-state index in [-0.39, 0.29) is 16.6 Å². The van der Waals surface area contributed by atoms with Crippen molar-refractivity contribution >= 4 is 27.9 Å². The number of nitrogens with zero attached hydrogens (tertiary/aromatic N) is 7. The Morgan fingerprint density at radius 1 is 1.16 bits per heavy atom. The molecular weight excluding hydrogens is 420 g/mol. The van der Waals surface area contributed by atoms with Crippen LogP contribution in [0.4, 0.5) is 14.5 Å². The first-order valence-electron chi connectivity index (χ1n) is 10.1. The zero-order chi connectivity index (χ0) is 22.2. The van der Waals surface area contributed by atoms with Crippen LogP contribution in [0.15, 0.2) is 35.5 Å². The van der Waals surface area contributed by atoms with Crippen LogP contribution in [0.5, 0.6) is 0 Å².